The molecule has 1 aromatic heterocycles. The van der Waals surface area contributed by atoms with Crippen LogP contribution in [0.2, 0.25) is 0 Å². The van der Waals surface area contributed by atoms with Crippen molar-refractivity contribution in [1.29, 1.82) is 0 Å². The van der Waals surface area contributed by atoms with Gasteiger partial charge in [0.2, 0.25) is 0 Å². The first-order chi connectivity index (χ1) is 13.2. The Kier molecular flexibility index (Phi) is 6.40. The molecule has 1 atom stereocenters. The van der Waals surface area contributed by atoms with Crippen molar-refractivity contribution in [2.75, 3.05) is 12.4 Å². The van der Waals surface area contributed by atoms with Crippen LogP contribution in [0.25, 0.3) is 0 Å². The fraction of sp³-hybridized carbons (Fsp3) is 0.368. The highest BCUT2D eigenvalue weighted by atomic mass is 16.6. The monoisotopic (exact) mass is 389 g/mol. The van der Waals surface area contributed by atoms with Crippen molar-refractivity contribution in [3.63, 3.8) is 0 Å². The molecule has 2 rings (SSSR count). The third-order valence-corrected chi connectivity index (χ3v) is 4.42. The van der Waals surface area contributed by atoms with E-state index in [1.54, 1.807) is 13.0 Å². The zero-order valence-corrected chi connectivity index (χ0v) is 16.4. The molecule has 9 heteroatoms. The Morgan fingerprint density at radius 2 is 1.96 bits per heavy atom. The first-order valence-corrected chi connectivity index (χ1v) is 8.70. The lowest BCUT2D eigenvalue weighted by atomic mass is 10.2. The van der Waals surface area contributed by atoms with Crippen molar-refractivity contribution >= 4 is 23.3 Å². The van der Waals surface area contributed by atoms with E-state index in [0.29, 0.717) is 12.1 Å². The number of benzene rings is 1. The minimum atomic E-state index is -1.14. The summed E-state index contributed by atoms with van der Waals surface area (Å²) >= 11 is 0. The Hall–Kier alpha value is -3.36. The number of aryl methyl sites for hydroxylation is 1. The van der Waals surface area contributed by atoms with Gasteiger partial charge in [0.25, 0.3) is 11.6 Å². The molecule has 2 aromatic rings. The minimum Gasteiger partial charge on any atom is -0.496 e. The highest BCUT2D eigenvalue weighted by molar-refractivity contribution is 5.99. The maximum atomic E-state index is 12.4. The lowest BCUT2D eigenvalue weighted by molar-refractivity contribution is -0.384. The molecule has 0 unspecified atom stereocenters. The van der Waals surface area contributed by atoms with E-state index in [0.717, 1.165) is 11.4 Å². The number of carbonyl (C=O) groups is 2. The molecule has 150 valence electrons. The fourth-order valence-corrected chi connectivity index (χ4v) is 2.90. The van der Waals surface area contributed by atoms with Gasteiger partial charge < -0.3 is 19.4 Å². The molecule has 0 aliphatic rings. The normalized spacial score (nSPS) is 11.6. The molecule has 1 aromatic carbocycles. The molecule has 0 fully saturated rings. The molecule has 0 spiro atoms. The quantitative estimate of drug-likeness (QED) is 0.442. The Balaban J connectivity index is 2.13. The van der Waals surface area contributed by atoms with Gasteiger partial charge in [-0.25, -0.2) is 4.79 Å². The van der Waals surface area contributed by atoms with Crippen LogP contribution in [0.1, 0.15) is 35.6 Å². The van der Waals surface area contributed by atoms with E-state index in [1.165, 1.54) is 32.2 Å². The number of hydrogen-bond donors (Lipinski definition) is 1. The molecule has 1 N–H and O–H groups in total. The van der Waals surface area contributed by atoms with E-state index < -0.39 is 22.9 Å². The van der Waals surface area contributed by atoms with Crippen LogP contribution < -0.4 is 10.1 Å². The summed E-state index contributed by atoms with van der Waals surface area (Å²) in [7, 11) is 1.38. The largest absolute Gasteiger partial charge is 0.496 e. The van der Waals surface area contributed by atoms with E-state index in [1.807, 2.05) is 18.4 Å². The number of aromatic nitrogens is 1. The summed E-state index contributed by atoms with van der Waals surface area (Å²) in [6, 6.07) is 5.75. The molecule has 0 aliphatic carbocycles. The lowest BCUT2D eigenvalue weighted by Gasteiger charge is -2.14. The number of nitro benzene ring substituents is 1. The summed E-state index contributed by atoms with van der Waals surface area (Å²) in [5.74, 6) is -1.01. The summed E-state index contributed by atoms with van der Waals surface area (Å²) in [4.78, 5) is 35.4. The van der Waals surface area contributed by atoms with E-state index in [9.17, 15) is 19.7 Å². The van der Waals surface area contributed by atoms with Gasteiger partial charge >= 0.3 is 5.97 Å². The second kappa shape index (κ2) is 8.55. The number of carbonyl (C=O) groups excluding carboxylic acids is 2. The van der Waals surface area contributed by atoms with Crippen LogP contribution in [0.5, 0.6) is 5.75 Å². The predicted molar refractivity (Wildman–Crippen MR) is 103 cm³/mol. The van der Waals surface area contributed by atoms with Crippen LogP contribution in [-0.4, -0.2) is 34.6 Å². The van der Waals surface area contributed by atoms with Gasteiger partial charge in [-0.15, -0.1) is 0 Å². The van der Waals surface area contributed by atoms with Crippen LogP contribution >= 0.6 is 0 Å². The topological polar surface area (TPSA) is 113 Å². The number of rotatable bonds is 7. The second-order valence-electron chi connectivity index (χ2n) is 6.21. The number of esters is 1. The van der Waals surface area contributed by atoms with Crippen LogP contribution in [0, 0.1) is 24.0 Å². The van der Waals surface area contributed by atoms with Crippen LogP contribution in [0.15, 0.2) is 24.3 Å². The summed E-state index contributed by atoms with van der Waals surface area (Å²) in [6.45, 7) is 7.77. The minimum absolute atomic E-state index is 0.0112. The van der Waals surface area contributed by atoms with Crippen molar-refractivity contribution in [1.82, 2.24) is 4.57 Å². The van der Waals surface area contributed by atoms with E-state index in [-0.39, 0.29) is 17.1 Å². The van der Waals surface area contributed by atoms with Gasteiger partial charge in [-0.1, -0.05) is 0 Å². The standard InChI is InChI=1S/C19H23N3O6/c1-6-21-11(2)9-15(12(21)3)19(24)28-13(4)18(23)20-16-8-7-14(27-5)10-17(16)22(25)26/h7-10,13H,6H2,1-5H3,(H,20,23)/t13-/m0/s1. The number of methoxy groups -OCH3 is 1. The first kappa shape index (κ1) is 20.9. The van der Waals surface area contributed by atoms with Gasteiger partial charge in [-0.05, 0) is 45.9 Å². The zero-order valence-electron chi connectivity index (χ0n) is 16.4. The Labute approximate surface area is 162 Å². The third-order valence-electron chi connectivity index (χ3n) is 4.42. The number of nitrogens with zero attached hydrogens (tertiary/aromatic N) is 2. The number of amides is 1. The van der Waals surface area contributed by atoms with Gasteiger partial charge in [-0.2, -0.15) is 0 Å². The molecular weight excluding hydrogens is 366 g/mol. The van der Waals surface area contributed by atoms with Crippen molar-refractivity contribution < 1.29 is 24.0 Å². The van der Waals surface area contributed by atoms with Crippen molar-refractivity contribution in [3.05, 3.63) is 51.3 Å². The molecule has 0 radical (unpaired) electrons. The molecular formula is C19H23N3O6. The summed E-state index contributed by atoms with van der Waals surface area (Å²) in [5, 5.41) is 13.6. The zero-order chi connectivity index (χ0) is 21.0. The number of nitrogens with one attached hydrogen (secondary N) is 1. The van der Waals surface area contributed by atoms with Crippen molar-refractivity contribution in [2.24, 2.45) is 0 Å². The number of nitro groups is 1. The van der Waals surface area contributed by atoms with Gasteiger partial charge in [0, 0.05) is 17.9 Å². The summed E-state index contributed by atoms with van der Waals surface area (Å²) in [6.07, 6.45) is -1.14. The fourth-order valence-electron chi connectivity index (χ4n) is 2.90. The van der Waals surface area contributed by atoms with Gasteiger partial charge in [0.1, 0.15) is 11.4 Å². The molecule has 9 nitrogen and oxygen atoms in total. The average molecular weight is 389 g/mol. The third kappa shape index (κ3) is 4.30. The van der Waals surface area contributed by atoms with Crippen LogP contribution in [-0.2, 0) is 16.1 Å². The molecule has 0 saturated carbocycles. The Morgan fingerprint density at radius 1 is 1.29 bits per heavy atom. The summed E-state index contributed by atoms with van der Waals surface area (Å²) < 4.78 is 12.2. The number of ether oxygens (including phenoxy) is 2. The Bertz CT molecular complexity index is 919. The maximum Gasteiger partial charge on any atom is 0.340 e. The van der Waals surface area contributed by atoms with Crippen molar-refractivity contribution in [3.8, 4) is 5.75 Å². The van der Waals surface area contributed by atoms with Gasteiger partial charge in [0.05, 0.1) is 23.7 Å². The van der Waals surface area contributed by atoms with Crippen LogP contribution in [0.3, 0.4) is 0 Å². The molecule has 0 aliphatic heterocycles. The smallest absolute Gasteiger partial charge is 0.340 e. The van der Waals surface area contributed by atoms with Crippen LogP contribution in [0.4, 0.5) is 11.4 Å². The van der Waals surface area contributed by atoms with E-state index in [4.69, 9.17) is 9.47 Å². The SMILES string of the molecule is CCn1c(C)cc(C(=O)O[C@@H](C)C(=O)Nc2ccc(OC)cc2[N+](=O)[O-])c1C. The average Bonchev–Trinajstić information content (AvgIpc) is 2.95. The maximum absolute atomic E-state index is 12.4. The number of hydrogen-bond acceptors (Lipinski definition) is 6. The van der Waals surface area contributed by atoms with Gasteiger partial charge in [0.15, 0.2) is 6.10 Å². The summed E-state index contributed by atoms with van der Waals surface area (Å²) in [5.41, 5.74) is 1.72. The molecule has 0 saturated heterocycles. The number of anilines is 1. The predicted octanol–water partition coefficient (Wildman–Crippen LogP) is 3.23. The Morgan fingerprint density at radius 3 is 2.50 bits per heavy atom. The molecule has 0 bridgehead atoms. The molecule has 28 heavy (non-hydrogen) atoms. The first-order valence-electron chi connectivity index (χ1n) is 8.70. The van der Waals surface area contributed by atoms with E-state index >= 15 is 0 Å². The highest BCUT2D eigenvalue weighted by Crippen LogP contribution is 2.29. The van der Waals surface area contributed by atoms with Crippen molar-refractivity contribution in [2.45, 2.75) is 40.3 Å². The molecule has 1 amide bonds. The van der Waals surface area contributed by atoms with Gasteiger partial charge in [-0.3, -0.25) is 14.9 Å². The molecule has 1 heterocycles. The lowest BCUT2D eigenvalue weighted by Crippen LogP contribution is -2.30. The second-order valence-corrected chi connectivity index (χ2v) is 6.21. The van der Waals surface area contributed by atoms with E-state index in [2.05, 4.69) is 5.32 Å². The highest BCUT2D eigenvalue weighted by Gasteiger charge is 2.24.